The molecule has 4 rings (SSSR count). The summed E-state index contributed by atoms with van der Waals surface area (Å²) in [6, 6.07) is 18.7. The Kier molecular flexibility index (Phi) is 9.69. The van der Waals surface area contributed by atoms with Crippen molar-refractivity contribution in [2.24, 2.45) is 0 Å². The number of thiazole rings is 1. The number of carbonyl (C=O) groups excluding carboxylic acids is 2. The molecule has 0 aliphatic heterocycles. The molecule has 40 heavy (non-hydrogen) atoms. The highest BCUT2D eigenvalue weighted by Crippen LogP contribution is 2.31. The SMILES string of the molecule is COC(=O)N(C)[C@@H](Cc1ccccc1)C(=O)N[C@@H](Cc1ccc(CS(=O)(=O)O)cc1)c1csc(-c2cccs2)n1. The molecule has 2 aromatic carbocycles. The lowest BCUT2D eigenvalue weighted by atomic mass is 10.0. The van der Waals surface area contributed by atoms with Gasteiger partial charge < -0.3 is 10.1 Å². The average Bonchev–Trinajstić information content (AvgIpc) is 3.64. The minimum atomic E-state index is -4.15. The zero-order chi connectivity index (χ0) is 28.7. The van der Waals surface area contributed by atoms with E-state index >= 15 is 0 Å². The lowest BCUT2D eigenvalue weighted by Gasteiger charge is -2.28. The molecule has 0 bridgehead atoms. The number of likely N-dealkylation sites (N-methyl/N-ethyl adjacent to an activating group) is 1. The largest absolute Gasteiger partial charge is 0.453 e. The second-order valence-corrected chi connectivity index (χ2v) is 12.4. The van der Waals surface area contributed by atoms with Crippen molar-refractivity contribution in [1.29, 1.82) is 0 Å². The van der Waals surface area contributed by atoms with Crippen LogP contribution in [0.3, 0.4) is 0 Å². The Balaban J connectivity index is 1.62. The number of hydrogen-bond donors (Lipinski definition) is 2. The molecular formula is C28H29N3O6S3. The number of amides is 2. The third-order valence-corrected chi connectivity index (χ3v) is 8.84. The molecule has 9 nitrogen and oxygen atoms in total. The molecule has 2 N–H and O–H groups in total. The van der Waals surface area contributed by atoms with E-state index in [2.05, 4.69) is 5.32 Å². The van der Waals surface area contributed by atoms with Crippen LogP contribution in [0.25, 0.3) is 9.88 Å². The molecule has 0 saturated heterocycles. The minimum absolute atomic E-state index is 0.285. The van der Waals surface area contributed by atoms with E-state index < -0.39 is 34.0 Å². The maximum absolute atomic E-state index is 13.8. The van der Waals surface area contributed by atoms with Crippen molar-refractivity contribution in [1.82, 2.24) is 15.2 Å². The van der Waals surface area contributed by atoms with Crippen LogP contribution in [0.1, 0.15) is 28.4 Å². The Hall–Kier alpha value is -3.58. The van der Waals surface area contributed by atoms with Gasteiger partial charge in [0.1, 0.15) is 16.8 Å². The van der Waals surface area contributed by atoms with Crippen molar-refractivity contribution in [3.05, 3.63) is 99.9 Å². The number of rotatable bonds is 11. The molecule has 2 atom stereocenters. The number of benzene rings is 2. The van der Waals surface area contributed by atoms with Gasteiger partial charge in [0.25, 0.3) is 10.1 Å². The van der Waals surface area contributed by atoms with Crippen molar-refractivity contribution in [3.8, 4) is 9.88 Å². The van der Waals surface area contributed by atoms with Crippen LogP contribution in [-0.4, -0.2) is 55.1 Å². The van der Waals surface area contributed by atoms with Crippen molar-refractivity contribution in [2.45, 2.75) is 30.7 Å². The van der Waals surface area contributed by atoms with Gasteiger partial charge in [-0.2, -0.15) is 8.42 Å². The normalized spacial score (nSPS) is 12.9. The van der Waals surface area contributed by atoms with E-state index in [0.717, 1.165) is 21.0 Å². The molecule has 0 spiro atoms. The molecule has 2 amide bonds. The minimum Gasteiger partial charge on any atom is -0.453 e. The van der Waals surface area contributed by atoms with E-state index in [1.807, 2.05) is 53.2 Å². The van der Waals surface area contributed by atoms with E-state index in [1.54, 1.807) is 35.6 Å². The molecule has 12 heteroatoms. The highest BCUT2D eigenvalue weighted by atomic mass is 32.2. The van der Waals surface area contributed by atoms with E-state index in [0.29, 0.717) is 17.7 Å². The van der Waals surface area contributed by atoms with Crippen LogP contribution in [0.15, 0.2) is 77.5 Å². The van der Waals surface area contributed by atoms with Gasteiger partial charge in [-0.3, -0.25) is 14.2 Å². The average molecular weight is 600 g/mol. The predicted molar refractivity (Wildman–Crippen MR) is 156 cm³/mol. The summed E-state index contributed by atoms with van der Waals surface area (Å²) in [4.78, 5) is 33.3. The Labute approximate surface area is 241 Å². The van der Waals surface area contributed by atoms with Gasteiger partial charge >= 0.3 is 6.09 Å². The first-order valence-electron chi connectivity index (χ1n) is 12.3. The lowest BCUT2D eigenvalue weighted by Crippen LogP contribution is -2.50. The molecule has 0 radical (unpaired) electrons. The van der Waals surface area contributed by atoms with Gasteiger partial charge in [-0.1, -0.05) is 60.7 Å². The van der Waals surface area contributed by atoms with E-state index in [4.69, 9.17) is 14.3 Å². The van der Waals surface area contributed by atoms with Crippen LogP contribution in [0.2, 0.25) is 0 Å². The third kappa shape index (κ3) is 7.98. The van der Waals surface area contributed by atoms with Crippen molar-refractivity contribution in [3.63, 3.8) is 0 Å². The van der Waals surface area contributed by atoms with Crippen molar-refractivity contribution < 1.29 is 27.3 Å². The van der Waals surface area contributed by atoms with Crippen LogP contribution in [0.4, 0.5) is 4.79 Å². The van der Waals surface area contributed by atoms with Crippen LogP contribution < -0.4 is 5.32 Å². The standard InChI is InChI=1S/C28H29N3O6S3/c1-31(28(33)37-2)24(16-19-7-4-3-5-8-19)26(32)29-22(23-17-39-27(30-23)25-9-6-14-38-25)15-20-10-12-21(13-11-20)18-40(34,35)36/h3-14,17,22,24H,15-16,18H2,1-2H3,(H,29,32)(H,34,35,36)/t22-,24-/m0/s1. The number of nitrogens with zero attached hydrogens (tertiary/aromatic N) is 2. The summed E-state index contributed by atoms with van der Waals surface area (Å²) in [6.45, 7) is 0. The second kappa shape index (κ2) is 13.2. The summed E-state index contributed by atoms with van der Waals surface area (Å²) < 4.78 is 36.6. The molecule has 0 aliphatic carbocycles. The number of ether oxygens (including phenoxy) is 1. The lowest BCUT2D eigenvalue weighted by molar-refractivity contribution is -0.126. The van der Waals surface area contributed by atoms with Gasteiger partial charge in [-0.15, -0.1) is 22.7 Å². The summed E-state index contributed by atoms with van der Waals surface area (Å²) in [7, 11) is -1.35. The summed E-state index contributed by atoms with van der Waals surface area (Å²) in [6.07, 6.45) is 0.0221. The smallest absolute Gasteiger partial charge is 0.409 e. The van der Waals surface area contributed by atoms with Gasteiger partial charge in [0.2, 0.25) is 5.91 Å². The van der Waals surface area contributed by atoms with Crippen LogP contribution >= 0.6 is 22.7 Å². The summed E-state index contributed by atoms with van der Waals surface area (Å²) in [5.74, 6) is -0.847. The zero-order valence-electron chi connectivity index (χ0n) is 21.9. The fraction of sp³-hybridized carbons (Fsp3) is 0.250. The molecule has 2 aromatic heterocycles. The predicted octanol–water partition coefficient (Wildman–Crippen LogP) is 4.97. The summed E-state index contributed by atoms with van der Waals surface area (Å²) in [5, 5.41) is 7.81. The Morgan fingerprint density at radius 1 is 0.975 bits per heavy atom. The molecule has 0 unspecified atom stereocenters. The van der Waals surface area contributed by atoms with Gasteiger partial charge in [-0.25, -0.2) is 9.78 Å². The van der Waals surface area contributed by atoms with Gasteiger partial charge in [0, 0.05) is 18.8 Å². The fourth-order valence-electron chi connectivity index (χ4n) is 4.19. The zero-order valence-corrected chi connectivity index (χ0v) is 24.3. The summed E-state index contributed by atoms with van der Waals surface area (Å²) in [5.41, 5.74) is 2.83. The number of methoxy groups -OCH3 is 1. The number of aromatic nitrogens is 1. The Morgan fingerprint density at radius 3 is 2.27 bits per heavy atom. The second-order valence-electron chi connectivity index (χ2n) is 9.15. The van der Waals surface area contributed by atoms with E-state index in [9.17, 15) is 18.0 Å². The van der Waals surface area contributed by atoms with Crippen LogP contribution in [0, 0.1) is 0 Å². The fourth-order valence-corrected chi connectivity index (χ4v) is 6.49. The van der Waals surface area contributed by atoms with E-state index in [-0.39, 0.29) is 12.3 Å². The number of nitrogens with one attached hydrogen (secondary N) is 1. The first-order chi connectivity index (χ1) is 19.1. The van der Waals surface area contributed by atoms with Crippen molar-refractivity contribution in [2.75, 3.05) is 14.2 Å². The number of hydrogen-bond acceptors (Lipinski definition) is 8. The monoisotopic (exact) mass is 599 g/mol. The van der Waals surface area contributed by atoms with E-state index in [1.165, 1.54) is 30.4 Å². The van der Waals surface area contributed by atoms with Gasteiger partial charge in [0.15, 0.2) is 0 Å². The van der Waals surface area contributed by atoms with Crippen LogP contribution in [-0.2, 0) is 38.2 Å². The summed E-state index contributed by atoms with van der Waals surface area (Å²) >= 11 is 3.05. The maximum atomic E-state index is 13.8. The molecular weight excluding hydrogens is 571 g/mol. The molecule has 2 heterocycles. The highest BCUT2D eigenvalue weighted by Gasteiger charge is 2.30. The molecule has 210 valence electrons. The molecule has 0 aliphatic rings. The molecule has 4 aromatic rings. The molecule has 0 saturated carbocycles. The molecule has 0 fully saturated rings. The Bertz CT molecular complexity index is 1520. The van der Waals surface area contributed by atoms with Gasteiger partial charge in [-0.05, 0) is 34.6 Å². The third-order valence-electron chi connectivity index (χ3n) is 6.24. The number of thiophene rings is 1. The Morgan fingerprint density at radius 2 is 1.65 bits per heavy atom. The van der Waals surface area contributed by atoms with Gasteiger partial charge in [0.05, 0.1) is 23.7 Å². The maximum Gasteiger partial charge on any atom is 0.409 e. The quantitative estimate of drug-likeness (QED) is 0.233. The highest BCUT2D eigenvalue weighted by molar-refractivity contribution is 7.85. The topological polar surface area (TPSA) is 126 Å². The van der Waals surface area contributed by atoms with Crippen LogP contribution in [0.5, 0.6) is 0 Å². The first-order valence-corrected chi connectivity index (χ1v) is 15.7. The first kappa shape index (κ1) is 29.4. The van der Waals surface area contributed by atoms with Crippen molar-refractivity contribution >= 4 is 44.8 Å². The number of carbonyl (C=O) groups is 2.